The van der Waals surface area contributed by atoms with Crippen LogP contribution in [0.15, 0.2) is 10.6 Å². The molecule has 2 heterocycles. The van der Waals surface area contributed by atoms with Crippen molar-refractivity contribution in [2.75, 3.05) is 39.9 Å². The van der Waals surface area contributed by atoms with Gasteiger partial charge in [-0.25, -0.2) is 0 Å². The fraction of sp³-hybridized carbons (Fsp3) is 0.786. The Morgan fingerprint density at radius 1 is 1.47 bits per heavy atom. The summed E-state index contributed by atoms with van der Waals surface area (Å²) in [5, 5.41) is 4.08. The first-order valence-corrected chi connectivity index (χ1v) is 7.10. The summed E-state index contributed by atoms with van der Waals surface area (Å²) in [4.78, 5) is 5.00. The Hall–Kier alpha value is -0.910. The van der Waals surface area contributed by atoms with Crippen LogP contribution in [0.3, 0.4) is 0 Å². The van der Waals surface area contributed by atoms with Gasteiger partial charge in [0.05, 0.1) is 12.3 Å². The minimum absolute atomic E-state index is 0.622. The van der Waals surface area contributed by atoms with Crippen molar-refractivity contribution in [1.29, 1.82) is 0 Å². The van der Waals surface area contributed by atoms with Gasteiger partial charge in [0.25, 0.3) is 0 Å². The lowest BCUT2D eigenvalue weighted by Crippen LogP contribution is -2.53. The molecule has 0 radical (unpaired) electrons. The second-order valence-corrected chi connectivity index (χ2v) is 5.25. The first-order chi connectivity index (χ1) is 9.22. The van der Waals surface area contributed by atoms with Crippen LogP contribution in [0.1, 0.15) is 24.8 Å². The summed E-state index contributed by atoms with van der Waals surface area (Å²) in [5.41, 5.74) is 1.04. The van der Waals surface area contributed by atoms with Crippen molar-refractivity contribution < 1.29 is 9.26 Å². The maximum Gasteiger partial charge on any atom is 0.133 e. The summed E-state index contributed by atoms with van der Waals surface area (Å²) in [6, 6.07) is 2.65. The molecule has 19 heavy (non-hydrogen) atoms. The molecular formula is C14H25N3O2. The Labute approximate surface area is 115 Å². The number of hydrogen-bond donors (Lipinski definition) is 0. The van der Waals surface area contributed by atoms with E-state index in [4.69, 9.17) is 9.26 Å². The van der Waals surface area contributed by atoms with Gasteiger partial charge in [-0.3, -0.25) is 9.80 Å². The predicted octanol–water partition coefficient (Wildman–Crippen LogP) is 1.53. The minimum Gasteiger partial charge on any atom is -0.383 e. The van der Waals surface area contributed by atoms with E-state index in [1.807, 2.05) is 13.0 Å². The number of ether oxygens (including phenoxy) is 1. The van der Waals surface area contributed by atoms with E-state index in [1.54, 1.807) is 7.11 Å². The van der Waals surface area contributed by atoms with Crippen LogP contribution in [0.5, 0.6) is 0 Å². The van der Waals surface area contributed by atoms with Crippen molar-refractivity contribution in [2.45, 2.75) is 32.9 Å². The van der Waals surface area contributed by atoms with Gasteiger partial charge in [0, 0.05) is 51.9 Å². The van der Waals surface area contributed by atoms with E-state index < -0.39 is 0 Å². The molecule has 1 aromatic rings. The Balaban J connectivity index is 1.85. The molecule has 1 atom stereocenters. The maximum atomic E-state index is 5.18. The standard InChI is InChI=1S/C14H25N3O2/c1-4-14-11-16(5-6-17(14)7-8-18-3)10-13-9-12(2)19-15-13/h9,14H,4-8,10-11H2,1-3H3/t14-/m0/s1. The van der Waals surface area contributed by atoms with E-state index in [0.717, 1.165) is 50.8 Å². The molecule has 0 unspecified atom stereocenters. The average Bonchev–Trinajstić information content (AvgIpc) is 2.82. The molecule has 1 aliphatic rings. The van der Waals surface area contributed by atoms with Crippen molar-refractivity contribution in [2.24, 2.45) is 0 Å². The molecule has 1 saturated heterocycles. The molecule has 0 spiro atoms. The van der Waals surface area contributed by atoms with Crippen LogP contribution in [0, 0.1) is 6.92 Å². The number of nitrogens with zero attached hydrogens (tertiary/aromatic N) is 3. The highest BCUT2D eigenvalue weighted by Crippen LogP contribution is 2.15. The maximum absolute atomic E-state index is 5.18. The van der Waals surface area contributed by atoms with Crippen molar-refractivity contribution in [3.8, 4) is 0 Å². The van der Waals surface area contributed by atoms with Crippen LogP contribution in [-0.2, 0) is 11.3 Å². The highest BCUT2D eigenvalue weighted by Gasteiger charge is 2.25. The normalized spacial score (nSPS) is 21.9. The molecular weight excluding hydrogens is 242 g/mol. The molecule has 108 valence electrons. The summed E-state index contributed by atoms with van der Waals surface area (Å²) in [6.07, 6.45) is 1.18. The molecule has 2 rings (SSSR count). The van der Waals surface area contributed by atoms with Crippen LogP contribution in [0.25, 0.3) is 0 Å². The Bertz CT molecular complexity index is 381. The number of aromatic nitrogens is 1. The topological polar surface area (TPSA) is 41.7 Å². The Morgan fingerprint density at radius 3 is 2.95 bits per heavy atom. The number of piperazine rings is 1. The van der Waals surface area contributed by atoms with Gasteiger partial charge >= 0.3 is 0 Å². The van der Waals surface area contributed by atoms with Crippen molar-refractivity contribution in [1.82, 2.24) is 15.0 Å². The molecule has 5 heteroatoms. The fourth-order valence-corrected chi connectivity index (χ4v) is 2.71. The van der Waals surface area contributed by atoms with E-state index in [9.17, 15) is 0 Å². The fourth-order valence-electron chi connectivity index (χ4n) is 2.71. The minimum atomic E-state index is 0.622. The summed E-state index contributed by atoms with van der Waals surface area (Å²) in [7, 11) is 1.77. The highest BCUT2D eigenvalue weighted by molar-refractivity contribution is 5.03. The molecule has 1 aliphatic heterocycles. The Kier molecular flexibility index (Phi) is 5.36. The third kappa shape index (κ3) is 4.03. The number of aryl methyl sites for hydroxylation is 1. The molecule has 0 aliphatic carbocycles. The highest BCUT2D eigenvalue weighted by atomic mass is 16.5. The zero-order valence-electron chi connectivity index (χ0n) is 12.3. The van der Waals surface area contributed by atoms with Gasteiger partial charge in [-0.1, -0.05) is 12.1 Å². The quantitative estimate of drug-likeness (QED) is 0.782. The second-order valence-electron chi connectivity index (χ2n) is 5.25. The molecule has 0 aromatic carbocycles. The summed E-state index contributed by atoms with van der Waals surface area (Å²) >= 11 is 0. The lowest BCUT2D eigenvalue weighted by molar-refractivity contribution is 0.0457. The molecule has 0 N–H and O–H groups in total. The SMILES string of the molecule is CC[C@H]1CN(Cc2cc(C)on2)CCN1CCOC. The second kappa shape index (κ2) is 7.03. The smallest absolute Gasteiger partial charge is 0.133 e. The van der Waals surface area contributed by atoms with Gasteiger partial charge in [-0.05, 0) is 13.3 Å². The van der Waals surface area contributed by atoms with Gasteiger partial charge < -0.3 is 9.26 Å². The van der Waals surface area contributed by atoms with E-state index in [2.05, 4.69) is 21.9 Å². The van der Waals surface area contributed by atoms with E-state index in [1.165, 1.54) is 6.42 Å². The van der Waals surface area contributed by atoms with Crippen molar-refractivity contribution >= 4 is 0 Å². The van der Waals surface area contributed by atoms with E-state index in [0.29, 0.717) is 6.04 Å². The molecule has 1 fully saturated rings. The van der Waals surface area contributed by atoms with Crippen molar-refractivity contribution in [3.05, 3.63) is 17.5 Å². The van der Waals surface area contributed by atoms with Crippen LogP contribution >= 0.6 is 0 Å². The number of rotatable bonds is 6. The average molecular weight is 267 g/mol. The van der Waals surface area contributed by atoms with Crippen molar-refractivity contribution in [3.63, 3.8) is 0 Å². The third-order valence-corrected chi connectivity index (χ3v) is 3.81. The first kappa shape index (κ1) is 14.5. The van der Waals surface area contributed by atoms with Gasteiger partial charge in [0.15, 0.2) is 0 Å². The summed E-state index contributed by atoms with van der Waals surface area (Å²) in [5.74, 6) is 0.890. The van der Waals surface area contributed by atoms with Crippen LogP contribution < -0.4 is 0 Å². The summed E-state index contributed by atoms with van der Waals surface area (Å²) < 4.78 is 10.3. The lowest BCUT2D eigenvalue weighted by Gasteiger charge is -2.40. The van der Waals surface area contributed by atoms with Crippen LogP contribution in [0.4, 0.5) is 0 Å². The monoisotopic (exact) mass is 267 g/mol. The molecule has 5 nitrogen and oxygen atoms in total. The third-order valence-electron chi connectivity index (χ3n) is 3.81. The van der Waals surface area contributed by atoms with Crippen LogP contribution in [0.2, 0.25) is 0 Å². The summed E-state index contributed by atoms with van der Waals surface area (Å²) in [6.45, 7) is 10.2. The lowest BCUT2D eigenvalue weighted by atomic mass is 10.1. The largest absolute Gasteiger partial charge is 0.383 e. The molecule has 0 amide bonds. The van der Waals surface area contributed by atoms with Gasteiger partial charge in [-0.2, -0.15) is 0 Å². The van der Waals surface area contributed by atoms with E-state index >= 15 is 0 Å². The van der Waals surface area contributed by atoms with Crippen LogP contribution in [-0.4, -0.2) is 60.9 Å². The molecule has 0 saturated carbocycles. The molecule has 1 aromatic heterocycles. The van der Waals surface area contributed by atoms with Gasteiger partial charge in [0.1, 0.15) is 5.76 Å². The van der Waals surface area contributed by atoms with Gasteiger partial charge in [-0.15, -0.1) is 0 Å². The number of methoxy groups -OCH3 is 1. The zero-order valence-corrected chi connectivity index (χ0v) is 12.3. The molecule has 0 bridgehead atoms. The Morgan fingerprint density at radius 2 is 2.32 bits per heavy atom. The van der Waals surface area contributed by atoms with Gasteiger partial charge in [0.2, 0.25) is 0 Å². The first-order valence-electron chi connectivity index (χ1n) is 7.10. The predicted molar refractivity (Wildman–Crippen MR) is 74.0 cm³/mol. The van der Waals surface area contributed by atoms with E-state index in [-0.39, 0.29) is 0 Å². The number of hydrogen-bond acceptors (Lipinski definition) is 5. The zero-order chi connectivity index (χ0) is 13.7.